The first kappa shape index (κ1) is 16.2. The van der Waals surface area contributed by atoms with Gasteiger partial charge in [-0.1, -0.05) is 45.1 Å². The molecule has 0 saturated heterocycles. The smallest absolute Gasteiger partial charge is 0.0193 e. The predicted molar refractivity (Wildman–Crippen MR) is 68.2 cm³/mol. The lowest BCUT2D eigenvalue weighted by Crippen LogP contribution is -2.27. The van der Waals surface area contributed by atoms with Crippen LogP contribution < -0.4 is 0 Å². The molecule has 0 rings (SSSR count). The molecule has 0 bridgehead atoms. The van der Waals surface area contributed by atoms with E-state index in [-0.39, 0.29) is 12.4 Å². The molecule has 0 N–H and O–H groups in total. The molecule has 0 aliphatic heterocycles. The van der Waals surface area contributed by atoms with Crippen molar-refractivity contribution in [2.75, 3.05) is 19.6 Å². The van der Waals surface area contributed by atoms with Crippen LogP contribution in [-0.2, 0) is 0 Å². The van der Waals surface area contributed by atoms with Crippen molar-refractivity contribution in [2.24, 2.45) is 0 Å². The predicted octanol–water partition coefficient (Wildman–Crippen LogP) is 3.66. The maximum Gasteiger partial charge on any atom is 0.0193 e. The van der Waals surface area contributed by atoms with Gasteiger partial charge in [-0.05, 0) is 19.4 Å². The summed E-state index contributed by atoms with van der Waals surface area (Å²) >= 11 is 0. The van der Waals surface area contributed by atoms with Gasteiger partial charge in [-0.2, -0.15) is 0 Å². The topological polar surface area (TPSA) is 3.24 Å². The van der Waals surface area contributed by atoms with Crippen molar-refractivity contribution in [2.45, 2.75) is 33.6 Å². The zero-order chi connectivity index (χ0) is 10.3. The van der Waals surface area contributed by atoms with Crippen LogP contribution in [0, 0.1) is 0 Å². The molecule has 0 spiro atoms. The summed E-state index contributed by atoms with van der Waals surface area (Å²) in [4.78, 5) is 2.39. The van der Waals surface area contributed by atoms with Gasteiger partial charge in [0, 0.05) is 13.1 Å². The lowest BCUT2D eigenvalue weighted by atomic mass is 10.2. The fourth-order valence-corrected chi connectivity index (χ4v) is 1.14. The Morgan fingerprint density at radius 2 is 1.29 bits per heavy atom. The average Bonchev–Trinajstić information content (AvgIpc) is 2.16. The Morgan fingerprint density at radius 3 is 1.50 bits per heavy atom. The third-order valence-electron chi connectivity index (χ3n) is 2.34. The minimum atomic E-state index is 0. The van der Waals surface area contributed by atoms with E-state index in [9.17, 15) is 0 Å². The Hall–Kier alpha value is -0.270. The lowest BCUT2D eigenvalue weighted by Gasteiger charge is -2.21. The summed E-state index contributed by atoms with van der Waals surface area (Å²) in [6.45, 7) is 17.7. The molecule has 0 saturated carbocycles. The Bertz CT molecular complexity index is 157. The number of nitrogens with zero attached hydrogens (tertiary/aromatic N) is 1. The molecule has 0 fully saturated rings. The number of likely N-dealkylation sites (N-methyl/N-ethyl adjacent to an activating group) is 1. The number of hydrogen-bond donors (Lipinski definition) is 0. The fraction of sp³-hybridized carbons (Fsp3) is 0.667. The molecule has 0 aliphatic carbocycles. The van der Waals surface area contributed by atoms with Crippen LogP contribution in [-0.4, -0.2) is 24.5 Å². The van der Waals surface area contributed by atoms with Gasteiger partial charge in [0.25, 0.3) is 0 Å². The molecule has 0 heterocycles. The largest absolute Gasteiger partial charge is 0.296 e. The zero-order valence-electron chi connectivity index (χ0n) is 9.81. The maximum atomic E-state index is 4.02. The third-order valence-corrected chi connectivity index (χ3v) is 2.34. The second-order valence-corrected chi connectivity index (χ2v) is 3.51. The van der Waals surface area contributed by atoms with Gasteiger partial charge in [-0.3, -0.25) is 4.90 Å². The van der Waals surface area contributed by atoms with Crippen LogP contribution in [0.3, 0.4) is 0 Å². The Labute approximate surface area is 95.3 Å². The molecule has 84 valence electrons. The maximum absolute atomic E-state index is 4.02. The highest BCUT2D eigenvalue weighted by atomic mass is 35.5. The van der Waals surface area contributed by atoms with Crippen LogP contribution in [0.25, 0.3) is 0 Å². The zero-order valence-corrected chi connectivity index (χ0v) is 10.6. The lowest BCUT2D eigenvalue weighted by molar-refractivity contribution is 0.334. The molecule has 2 heteroatoms. The van der Waals surface area contributed by atoms with E-state index in [4.69, 9.17) is 0 Å². The summed E-state index contributed by atoms with van der Waals surface area (Å²) in [5.74, 6) is 0. The summed E-state index contributed by atoms with van der Waals surface area (Å²) in [6, 6.07) is 0. The van der Waals surface area contributed by atoms with Crippen molar-refractivity contribution < 1.29 is 0 Å². The van der Waals surface area contributed by atoms with Crippen LogP contribution >= 0.6 is 12.4 Å². The van der Waals surface area contributed by atoms with Crippen LogP contribution in [0.5, 0.6) is 0 Å². The summed E-state index contributed by atoms with van der Waals surface area (Å²) in [7, 11) is 0. The molecule has 0 aromatic rings. The second kappa shape index (κ2) is 9.29. The summed E-state index contributed by atoms with van der Waals surface area (Å²) in [5.41, 5.74) is 2.62. The van der Waals surface area contributed by atoms with Gasteiger partial charge in [-0.25, -0.2) is 0 Å². The van der Waals surface area contributed by atoms with E-state index in [0.717, 1.165) is 32.5 Å². The Balaban J connectivity index is 0. The minimum absolute atomic E-state index is 0. The van der Waals surface area contributed by atoms with E-state index in [1.54, 1.807) is 0 Å². The summed E-state index contributed by atoms with van der Waals surface area (Å²) in [6.07, 6.45) is 2.16. The molecule has 14 heavy (non-hydrogen) atoms. The summed E-state index contributed by atoms with van der Waals surface area (Å²) < 4.78 is 0. The van der Waals surface area contributed by atoms with Crippen LogP contribution in [0.4, 0.5) is 0 Å². The van der Waals surface area contributed by atoms with E-state index in [0.29, 0.717) is 0 Å². The first-order valence-electron chi connectivity index (χ1n) is 5.19. The van der Waals surface area contributed by atoms with Crippen LogP contribution in [0.2, 0.25) is 0 Å². The quantitative estimate of drug-likeness (QED) is 0.589. The van der Waals surface area contributed by atoms with E-state index in [1.807, 2.05) is 0 Å². The molecule has 0 aliphatic rings. The third kappa shape index (κ3) is 7.16. The molecule has 0 unspecified atom stereocenters. The number of hydrogen-bond acceptors (Lipinski definition) is 1. The molecule has 0 amide bonds. The number of halogens is 1. The van der Waals surface area contributed by atoms with Gasteiger partial charge < -0.3 is 0 Å². The highest BCUT2D eigenvalue weighted by Gasteiger charge is 2.03. The van der Waals surface area contributed by atoms with Crippen molar-refractivity contribution in [3.8, 4) is 0 Å². The standard InChI is InChI=1S/C12H23N.ClH/c1-6-11(4)9-13(8-3)10-12(5)7-2;/h4-10H2,1-3H3;1H. The van der Waals surface area contributed by atoms with E-state index < -0.39 is 0 Å². The van der Waals surface area contributed by atoms with Crippen molar-refractivity contribution in [3.63, 3.8) is 0 Å². The average molecular weight is 218 g/mol. The van der Waals surface area contributed by atoms with Gasteiger partial charge in [-0.15, -0.1) is 12.4 Å². The SMILES string of the molecule is C=C(CC)CN(CC)CC(=C)CC.Cl. The molecule has 0 aromatic carbocycles. The van der Waals surface area contributed by atoms with Crippen molar-refractivity contribution in [3.05, 3.63) is 24.3 Å². The van der Waals surface area contributed by atoms with Gasteiger partial charge in [0.15, 0.2) is 0 Å². The van der Waals surface area contributed by atoms with Gasteiger partial charge in [0.2, 0.25) is 0 Å². The first-order valence-corrected chi connectivity index (χ1v) is 5.19. The molecular formula is C12H24ClN. The second-order valence-electron chi connectivity index (χ2n) is 3.51. The summed E-state index contributed by atoms with van der Waals surface area (Å²) in [5, 5.41) is 0. The van der Waals surface area contributed by atoms with E-state index in [1.165, 1.54) is 11.1 Å². The van der Waals surface area contributed by atoms with E-state index in [2.05, 4.69) is 38.8 Å². The Kier molecular flexibility index (Phi) is 10.7. The first-order chi connectivity index (χ1) is 6.13. The van der Waals surface area contributed by atoms with Crippen LogP contribution in [0.15, 0.2) is 24.3 Å². The van der Waals surface area contributed by atoms with Crippen molar-refractivity contribution in [1.29, 1.82) is 0 Å². The van der Waals surface area contributed by atoms with Gasteiger partial charge in [0.1, 0.15) is 0 Å². The highest BCUT2D eigenvalue weighted by Crippen LogP contribution is 2.05. The van der Waals surface area contributed by atoms with E-state index >= 15 is 0 Å². The van der Waals surface area contributed by atoms with Crippen molar-refractivity contribution >= 4 is 12.4 Å². The fourth-order valence-electron chi connectivity index (χ4n) is 1.14. The van der Waals surface area contributed by atoms with Gasteiger partial charge in [0.05, 0.1) is 0 Å². The molecular weight excluding hydrogens is 194 g/mol. The van der Waals surface area contributed by atoms with Gasteiger partial charge >= 0.3 is 0 Å². The monoisotopic (exact) mass is 217 g/mol. The molecule has 0 radical (unpaired) electrons. The molecule has 1 nitrogen and oxygen atoms in total. The number of rotatable bonds is 7. The Morgan fingerprint density at radius 1 is 0.929 bits per heavy atom. The molecule has 0 atom stereocenters. The normalized spacial score (nSPS) is 9.71. The molecule has 0 aromatic heterocycles. The minimum Gasteiger partial charge on any atom is -0.296 e. The van der Waals surface area contributed by atoms with Crippen molar-refractivity contribution in [1.82, 2.24) is 4.90 Å². The van der Waals surface area contributed by atoms with Crippen LogP contribution in [0.1, 0.15) is 33.6 Å². The highest BCUT2D eigenvalue weighted by molar-refractivity contribution is 5.85.